The van der Waals surface area contributed by atoms with Crippen molar-refractivity contribution in [1.82, 2.24) is 0 Å². The summed E-state index contributed by atoms with van der Waals surface area (Å²) in [6, 6.07) is 0. The van der Waals surface area contributed by atoms with Crippen LogP contribution < -0.4 is 0 Å². The highest BCUT2D eigenvalue weighted by molar-refractivity contribution is 7.99. The highest BCUT2D eigenvalue weighted by atomic mass is 32.2. The molecule has 22 heteroatoms. The Labute approximate surface area is 204 Å². The van der Waals surface area contributed by atoms with E-state index in [2.05, 4.69) is 10.0 Å². The maximum Gasteiger partial charge on any atom is 0.460 e. The van der Waals surface area contributed by atoms with Crippen LogP contribution in [-0.2, 0) is 4.74 Å². The molecule has 0 amide bonds. The normalized spacial score (nSPS) is 15.6. The standard InChI is InChI=1S/C16H12F17N3OS/c1-2-4-37-8(6-35-36-34)7-38-5-3-9(17,18)10(19,20)11(21,22)12(23,24)13(25,26)14(27,28)15(29,30)16(31,32)33/h1,8H,3-7H2. The Morgan fingerprint density at radius 1 is 0.737 bits per heavy atom. The molecule has 222 valence electrons. The number of azide groups is 1. The molecule has 0 saturated heterocycles. The number of thioether (sulfide) groups is 1. The van der Waals surface area contributed by atoms with Crippen LogP contribution in [0.5, 0.6) is 0 Å². The Morgan fingerprint density at radius 2 is 1.16 bits per heavy atom. The molecule has 0 aromatic carbocycles. The molecule has 1 unspecified atom stereocenters. The summed E-state index contributed by atoms with van der Waals surface area (Å²) in [5, 5.41) is 2.99. The summed E-state index contributed by atoms with van der Waals surface area (Å²) in [4.78, 5) is 2.29. The zero-order valence-corrected chi connectivity index (χ0v) is 18.6. The molecule has 0 aromatic rings. The van der Waals surface area contributed by atoms with Crippen molar-refractivity contribution in [2.45, 2.75) is 60.2 Å². The summed E-state index contributed by atoms with van der Waals surface area (Å²) in [5.74, 6) is -56.5. The van der Waals surface area contributed by atoms with E-state index in [4.69, 9.17) is 16.7 Å². The third kappa shape index (κ3) is 6.24. The van der Waals surface area contributed by atoms with Crippen LogP contribution in [0.1, 0.15) is 6.42 Å². The van der Waals surface area contributed by atoms with Crippen molar-refractivity contribution >= 4 is 11.8 Å². The summed E-state index contributed by atoms with van der Waals surface area (Å²) < 4.78 is 229. The van der Waals surface area contributed by atoms with Crippen LogP contribution in [0.4, 0.5) is 74.6 Å². The molecule has 0 aliphatic carbocycles. The van der Waals surface area contributed by atoms with Crippen LogP contribution >= 0.6 is 11.8 Å². The summed E-state index contributed by atoms with van der Waals surface area (Å²) in [6.07, 6.45) is -6.71. The second kappa shape index (κ2) is 11.6. The Balaban J connectivity index is 6.01. The number of halogens is 17. The molecule has 0 saturated carbocycles. The summed E-state index contributed by atoms with van der Waals surface area (Å²) in [7, 11) is 0. The van der Waals surface area contributed by atoms with Crippen molar-refractivity contribution in [2.24, 2.45) is 5.11 Å². The lowest BCUT2D eigenvalue weighted by molar-refractivity contribution is -0.461. The van der Waals surface area contributed by atoms with E-state index in [1.165, 1.54) is 0 Å². The quantitative estimate of drug-likeness (QED) is 0.0479. The van der Waals surface area contributed by atoms with Gasteiger partial charge in [-0.15, -0.1) is 6.42 Å². The SMILES string of the molecule is C#CCOC(CN=[N+]=[N-])CSCCC(F)(F)C(F)(F)C(F)(F)C(F)(F)C(F)(F)C(F)(F)C(F)(F)C(F)(F)F. The summed E-state index contributed by atoms with van der Waals surface area (Å²) in [6.45, 7) is -0.998. The van der Waals surface area contributed by atoms with E-state index in [0.717, 1.165) is 0 Å². The molecule has 0 heterocycles. The largest absolute Gasteiger partial charge is 0.460 e. The van der Waals surface area contributed by atoms with Crippen LogP contribution in [0, 0.1) is 12.3 Å². The number of alkyl halides is 17. The monoisotopic (exact) mass is 617 g/mol. The molecular weight excluding hydrogens is 605 g/mol. The zero-order valence-electron chi connectivity index (χ0n) is 17.8. The van der Waals surface area contributed by atoms with Crippen LogP contribution in [0.25, 0.3) is 10.4 Å². The van der Waals surface area contributed by atoms with Crippen molar-refractivity contribution in [3.63, 3.8) is 0 Å². The lowest BCUT2D eigenvalue weighted by atomic mass is 9.88. The van der Waals surface area contributed by atoms with Crippen LogP contribution in [-0.4, -0.2) is 78.4 Å². The number of rotatable bonds is 15. The predicted octanol–water partition coefficient (Wildman–Crippen LogP) is 7.45. The molecule has 0 aromatic heterocycles. The molecule has 0 rings (SSSR count). The second-order valence-corrected chi connectivity index (χ2v) is 8.17. The van der Waals surface area contributed by atoms with Gasteiger partial charge in [0.1, 0.15) is 6.61 Å². The van der Waals surface area contributed by atoms with E-state index in [-0.39, 0.29) is 11.8 Å². The van der Waals surface area contributed by atoms with Gasteiger partial charge in [0, 0.05) is 17.1 Å². The molecule has 0 N–H and O–H groups in total. The Kier molecular flexibility index (Phi) is 11.0. The Hall–Kier alpha value is -2.01. The minimum atomic E-state index is -8.65. The third-order valence-electron chi connectivity index (χ3n) is 4.40. The average Bonchev–Trinajstić information content (AvgIpc) is 2.76. The lowest BCUT2D eigenvalue weighted by Crippen LogP contribution is -2.74. The summed E-state index contributed by atoms with van der Waals surface area (Å²) >= 11 is 0.124. The number of hydrogen-bond acceptors (Lipinski definition) is 3. The Morgan fingerprint density at radius 3 is 1.55 bits per heavy atom. The molecule has 1 atom stereocenters. The fraction of sp³-hybridized carbons (Fsp3) is 0.875. The fourth-order valence-electron chi connectivity index (χ4n) is 2.22. The van der Waals surface area contributed by atoms with Gasteiger partial charge in [0.15, 0.2) is 0 Å². The van der Waals surface area contributed by atoms with Crippen molar-refractivity contribution in [3.8, 4) is 12.3 Å². The minimum absolute atomic E-state index is 0.124. The van der Waals surface area contributed by atoms with Crippen LogP contribution in [0.15, 0.2) is 5.11 Å². The van der Waals surface area contributed by atoms with Gasteiger partial charge in [0.05, 0.1) is 12.6 Å². The molecule has 4 nitrogen and oxygen atoms in total. The first-order valence-corrected chi connectivity index (χ1v) is 10.2. The van der Waals surface area contributed by atoms with Crippen molar-refractivity contribution in [2.75, 3.05) is 24.7 Å². The highest BCUT2D eigenvalue weighted by Crippen LogP contribution is 2.64. The van der Waals surface area contributed by atoms with E-state index < -0.39 is 84.8 Å². The van der Waals surface area contributed by atoms with E-state index in [1.54, 1.807) is 0 Å². The van der Waals surface area contributed by atoms with Crippen molar-refractivity contribution in [1.29, 1.82) is 0 Å². The minimum Gasteiger partial charge on any atom is -0.365 e. The van der Waals surface area contributed by atoms with E-state index in [9.17, 15) is 74.6 Å². The summed E-state index contributed by atoms with van der Waals surface area (Å²) in [5.41, 5.74) is 8.19. The molecular formula is C16H12F17N3OS. The fourth-order valence-corrected chi connectivity index (χ4v) is 3.25. The number of hydrogen-bond donors (Lipinski definition) is 0. The molecule has 0 fully saturated rings. The molecule has 0 radical (unpaired) electrons. The van der Waals surface area contributed by atoms with Gasteiger partial charge < -0.3 is 4.74 Å². The maximum absolute atomic E-state index is 13.8. The van der Waals surface area contributed by atoms with Gasteiger partial charge in [-0.1, -0.05) is 11.0 Å². The maximum atomic E-state index is 13.8. The van der Waals surface area contributed by atoms with Gasteiger partial charge in [0.2, 0.25) is 0 Å². The zero-order chi connectivity index (χ0) is 30.6. The van der Waals surface area contributed by atoms with Crippen molar-refractivity contribution < 1.29 is 79.4 Å². The number of nitrogens with zero attached hydrogens (tertiary/aromatic N) is 3. The first-order valence-electron chi connectivity index (χ1n) is 9.09. The first kappa shape index (κ1) is 36.0. The second-order valence-electron chi connectivity index (χ2n) is 7.02. The van der Waals surface area contributed by atoms with Crippen molar-refractivity contribution in [3.05, 3.63) is 10.4 Å². The predicted molar refractivity (Wildman–Crippen MR) is 95.2 cm³/mol. The van der Waals surface area contributed by atoms with Crippen LogP contribution in [0.2, 0.25) is 0 Å². The number of ether oxygens (including phenoxy) is 1. The highest BCUT2D eigenvalue weighted by Gasteiger charge is 2.95. The van der Waals surface area contributed by atoms with E-state index in [1.807, 2.05) is 5.92 Å². The van der Waals surface area contributed by atoms with Gasteiger partial charge in [-0.25, -0.2) is 0 Å². The van der Waals surface area contributed by atoms with E-state index in [0.29, 0.717) is 0 Å². The lowest BCUT2D eigenvalue weighted by Gasteiger charge is -2.42. The average molecular weight is 617 g/mol. The molecule has 38 heavy (non-hydrogen) atoms. The van der Waals surface area contributed by atoms with Crippen LogP contribution in [0.3, 0.4) is 0 Å². The van der Waals surface area contributed by atoms with Gasteiger partial charge in [0.25, 0.3) is 0 Å². The van der Waals surface area contributed by atoms with Gasteiger partial charge in [-0.3, -0.25) is 0 Å². The molecule has 0 aliphatic heterocycles. The van der Waals surface area contributed by atoms with Gasteiger partial charge in [-0.05, 0) is 11.3 Å². The van der Waals surface area contributed by atoms with Gasteiger partial charge >= 0.3 is 47.6 Å². The topological polar surface area (TPSA) is 58.0 Å². The molecule has 0 spiro atoms. The third-order valence-corrected chi connectivity index (χ3v) is 5.50. The van der Waals surface area contributed by atoms with Gasteiger partial charge in [-0.2, -0.15) is 86.4 Å². The number of terminal acetylenes is 1. The Bertz CT molecular complexity index is 893. The van der Waals surface area contributed by atoms with E-state index >= 15 is 0 Å². The molecule has 0 bridgehead atoms. The molecule has 0 aliphatic rings. The first-order chi connectivity index (χ1) is 16.7. The smallest absolute Gasteiger partial charge is 0.365 e.